The van der Waals surface area contributed by atoms with E-state index in [9.17, 15) is 4.79 Å². The van der Waals surface area contributed by atoms with Crippen LogP contribution in [0.15, 0.2) is 12.7 Å². The van der Waals surface area contributed by atoms with Crippen molar-refractivity contribution >= 4 is 29.2 Å². The van der Waals surface area contributed by atoms with Crippen molar-refractivity contribution in [2.45, 2.75) is 17.2 Å². The lowest BCUT2D eigenvalue weighted by Gasteiger charge is -2.15. The fourth-order valence-electron chi connectivity index (χ4n) is 0.858. The van der Waals surface area contributed by atoms with Crippen LogP contribution in [0.3, 0.4) is 0 Å². The van der Waals surface area contributed by atoms with E-state index in [0.29, 0.717) is 0 Å². The van der Waals surface area contributed by atoms with Crippen LogP contribution < -0.4 is 5.90 Å². The maximum atomic E-state index is 10.8. The Morgan fingerprint density at radius 1 is 1.47 bits per heavy atom. The molecule has 1 heterocycles. The lowest BCUT2D eigenvalue weighted by molar-refractivity contribution is -0.144. The van der Waals surface area contributed by atoms with Gasteiger partial charge in [0.2, 0.25) is 0 Å². The molecule has 0 bridgehead atoms. The molecule has 0 amide bonds. The first-order valence-corrected chi connectivity index (χ1v) is 4.71. The zero-order valence-electron chi connectivity index (χ0n) is 7.56. The van der Waals surface area contributed by atoms with E-state index in [2.05, 4.69) is 25.7 Å². The number of aromatic nitrogens is 3. The summed E-state index contributed by atoms with van der Waals surface area (Å²) in [4.78, 5) is 25.9. The fraction of sp³-hybridized carbons (Fsp3) is 0.429. The van der Waals surface area contributed by atoms with Gasteiger partial charge in [-0.05, 0) is 6.42 Å². The number of carbonyl (C=O) groups excluding carboxylic acids is 1. The number of rotatable bonds is 4. The van der Waals surface area contributed by atoms with Crippen LogP contribution in [0.5, 0.6) is 0 Å². The van der Waals surface area contributed by atoms with Gasteiger partial charge in [0.1, 0.15) is 12.7 Å². The van der Waals surface area contributed by atoms with E-state index in [0.717, 1.165) is 0 Å². The Balaban J connectivity index is 2.63. The van der Waals surface area contributed by atoms with Crippen molar-refractivity contribution in [2.75, 3.05) is 0 Å². The molecule has 0 radical (unpaired) electrons. The van der Waals surface area contributed by atoms with Gasteiger partial charge in [-0.1, -0.05) is 23.2 Å². The minimum absolute atomic E-state index is 0.0187. The highest BCUT2D eigenvalue weighted by Gasteiger charge is 2.30. The first-order chi connectivity index (χ1) is 7.06. The van der Waals surface area contributed by atoms with E-state index >= 15 is 0 Å². The van der Waals surface area contributed by atoms with Crippen molar-refractivity contribution in [3.63, 3.8) is 0 Å². The predicted octanol–water partition coefficient (Wildman–Crippen LogP) is 0.699. The summed E-state index contributed by atoms with van der Waals surface area (Å²) >= 11 is 11.9. The minimum atomic E-state index is -1.35. The maximum absolute atomic E-state index is 10.8. The standard InChI is InChI=1S/C7H8Cl2N4O2/c8-7(9,2-1-5(14)15-10)6-12-3-11-4-13-6/h3-4H,1-2,10H2. The molecule has 0 aliphatic rings. The van der Waals surface area contributed by atoms with E-state index in [-0.39, 0.29) is 18.7 Å². The van der Waals surface area contributed by atoms with Crippen molar-refractivity contribution in [1.82, 2.24) is 15.0 Å². The van der Waals surface area contributed by atoms with Crippen molar-refractivity contribution < 1.29 is 9.63 Å². The Kier molecular flexibility index (Phi) is 4.19. The molecule has 0 aliphatic carbocycles. The van der Waals surface area contributed by atoms with Crippen LogP contribution in [0.1, 0.15) is 18.7 Å². The second kappa shape index (κ2) is 5.20. The van der Waals surface area contributed by atoms with Gasteiger partial charge in [0.25, 0.3) is 0 Å². The average Bonchev–Trinajstić information content (AvgIpc) is 2.27. The lowest BCUT2D eigenvalue weighted by Crippen LogP contribution is -2.18. The summed E-state index contributed by atoms with van der Waals surface area (Å²) in [6.07, 6.45) is 2.62. The molecule has 1 rings (SSSR count). The maximum Gasteiger partial charge on any atom is 0.324 e. The van der Waals surface area contributed by atoms with E-state index in [1.165, 1.54) is 12.7 Å². The number of nitrogens with two attached hydrogens (primary N) is 1. The second-order valence-corrected chi connectivity index (χ2v) is 4.14. The van der Waals surface area contributed by atoms with Crippen LogP contribution in [-0.2, 0) is 14.0 Å². The molecule has 0 aliphatic heterocycles. The Bertz CT molecular complexity index is 333. The predicted molar refractivity (Wildman–Crippen MR) is 52.7 cm³/mol. The van der Waals surface area contributed by atoms with Gasteiger partial charge in [-0.3, -0.25) is 4.79 Å². The lowest BCUT2D eigenvalue weighted by atomic mass is 10.2. The van der Waals surface area contributed by atoms with Crippen molar-refractivity contribution in [3.8, 4) is 0 Å². The van der Waals surface area contributed by atoms with Crippen molar-refractivity contribution in [1.29, 1.82) is 0 Å². The number of carbonyl (C=O) groups is 1. The molecular formula is C7H8Cl2N4O2. The average molecular weight is 251 g/mol. The van der Waals surface area contributed by atoms with Gasteiger partial charge in [-0.2, -0.15) is 5.90 Å². The number of halogens is 2. The van der Waals surface area contributed by atoms with Gasteiger partial charge in [0.05, 0.1) is 6.42 Å². The highest BCUT2D eigenvalue weighted by molar-refractivity contribution is 6.47. The zero-order chi connectivity index (χ0) is 11.3. The highest BCUT2D eigenvalue weighted by Crippen LogP contribution is 2.35. The molecule has 0 saturated heterocycles. The molecular weight excluding hydrogens is 243 g/mol. The molecule has 0 atom stereocenters. The summed E-state index contributed by atoms with van der Waals surface area (Å²) in [5.41, 5.74) is 0. The summed E-state index contributed by atoms with van der Waals surface area (Å²) in [7, 11) is 0. The largest absolute Gasteiger partial charge is 0.373 e. The molecule has 0 saturated carbocycles. The summed E-state index contributed by atoms with van der Waals surface area (Å²) in [5.74, 6) is 4.25. The van der Waals surface area contributed by atoms with Gasteiger partial charge in [0, 0.05) is 0 Å². The molecule has 0 spiro atoms. The van der Waals surface area contributed by atoms with Crippen LogP contribution in [0.4, 0.5) is 0 Å². The third-order valence-corrected chi connectivity index (χ3v) is 2.31. The van der Waals surface area contributed by atoms with E-state index in [4.69, 9.17) is 23.2 Å². The Morgan fingerprint density at radius 3 is 2.60 bits per heavy atom. The van der Waals surface area contributed by atoms with Crippen LogP contribution in [-0.4, -0.2) is 20.9 Å². The Hall–Kier alpha value is -0.980. The molecule has 15 heavy (non-hydrogen) atoms. The SMILES string of the molecule is NOC(=O)CCC(Cl)(Cl)c1ncncn1. The smallest absolute Gasteiger partial charge is 0.324 e. The number of nitrogens with zero attached hydrogens (tertiary/aromatic N) is 3. The summed E-state index contributed by atoms with van der Waals surface area (Å²) < 4.78 is -1.35. The monoisotopic (exact) mass is 250 g/mol. The van der Waals surface area contributed by atoms with E-state index in [1.54, 1.807) is 0 Å². The van der Waals surface area contributed by atoms with Crippen LogP contribution in [0.25, 0.3) is 0 Å². The van der Waals surface area contributed by atoms with Crippen LogP contribution in [0, 0.1) is 0 Å². The van der Waals surface area contributed by atoms with Crippen molar-refractivity contribution in [2.24, 2.45) is 5.90 Å². The fourth-order valence-corrected chi connectivity index (χ4v) is 1.24. The Labute approximate surface area is 95.7 Å². The number of alkyl halides is 2. The first kappa shape index (κ1) is 12.1. The zero-order valence-corrected chi connectivity index (χ0v) is 9.07. The molecule has 0 fully saturated rings. The van der Waals surface area contributed by atoms with Crippen molar-refractivity contribution in [3.05, 3.63) is 18.5 Å². The third kappa shape index (κ3) is 3.58. The summed E-state index contributed by atoms with van der Waals surface area (Å²) in [6, 6.07) is 0. The summed E-state index contributed by atoms with van der Waals surface area (Å²) in [6.45, 7) is 0. The van der Waals surface area contributed by atoms with Crippen LogP contribution in [0.2, 0.25) is 0 Å². The molecule has 0 aromatic carbocycles. The molecule has 8 heteroatoms. The topological polar surface area (TPSA) is 91.0 Å². The van der Waals surface area contributed by atoms with E-state index < -0.39 is 10.3 Å². The highest BCUT2D eigenvalue weighted by atomic mass is 35.5. The second-order valence-electron chi connectivity index (χ2n) is 2.66. The van der Waals surface area contributed by atoms with Gasteiger partial charge in [-0.15, -0.1) is 0 Å². The minimum Gasteiger partial charge on any atom is -0.373 e. The molecule has 6 nitrogen and oxygen atoms in total. The molecule has 2 N–H and O–H groups in total. The third-order valence-electron chi connectivity index (χ3n) is 1.60. The number of hydrogen-bond acceptors (Lipinski definition) is 6. The first-order valence-electron chi connectivity index (χ1n) is 3.96. The molecule has 1 aromatic rings. The van der Waals surface area contributed by atoms with Gasteiger partial charge in [0.15, 0.2) is 10.2 Å². The van der Waals surface area contributed by atoms with Gasteiger partial charge >= 0.3 is 5.97 Å². The van der Waals surface area contributed by atoms with Gasteiger partial charge in [-0.25, -0.2) is 15.0 Å². The molecule has 0 unspecified atom stereocenters. The van der Waals surface area contributed by atoms with E-state index in [1.807, 2.05) is 0 Å². The summed E-state index contributed by atoms with van der Waals surface area (Å²) in [5, 5.41) is 0. The molecule has 1 aromatic heterocycles. The quantitative estimate of drug-likeness (QED) is 0.625. The van der Waals surface area contributed by atoms with Crippen LogP contribution >= 0.6 is 23.2 Å². The number of hydrogen-bond donors (Lipinski definition) is 1. The van der Waals surface area contributed by atoms with Gasteiger partial charge < -0.3 is 4.84 Å². The Morgan fingerprint density at radius 2 is 2.07 bits per heavy atom. The molecule has 82 valence electrons. The normalized spacial score (nSPS) is 11.1.